The smallest absolute Gasteiger partial charge is 0.122 e. The molecule has 1 rings (SSSR count). The van der Waals surface area contributed by atoms with E-state index < -0.39 is 0 Å². The van der Waals surface area contributed by atoms with Gasteiger partial charge >= 0.3 is 0 Å². The standard InChI is InChI=1S/C10H9Br4NO/c1-15-10-7(11)4-6(5-8(10)12)16-3-2-9(13)14/h2,4-5,15H,3H2,1H3. The molecule has 0 aliphatic heterocycles. The van der Waals surface area contributed by atoms with Gasteiger partial charge in [-0.15, -0.1) is 0 Å². The minimum Gasteiger partial charge on any atom is -0.489 e. The van der Waals surface area contributed by atoms with Crippen molar-refractivity contribution in [3.05, 3.63) is 30.5 Å². The summed E-state index contributed by atoms with van der Waals surface area (Å²) in [6, 6.07) is 3.85. The van der Waals surface area contributed by atoms with Gasteiger partial charge in [-0.1, -0.05) is 0 Å². The number of benzene rings is 1. The molecule has 6 heteroatoms. The van der Waals surface area contributed by atoms with E-state index in [0.717, 1.165) is 23.8 Å². The van der Waals surface area contributed by atoms with Crippen LogP contribution in [0.5, 0.6) is 5.75 Å². The minimum atomic E-state index is 0.504. The summed E-state index contributed by atoms with van der Waals surface area (Å²) in [5, 5.41) is 3.09. The maximum atomic E-state index is 5.55. The Morgan fingerprint density at radius 3 is 2.31 bits per heavy atom. The second-order valence-corrected chi connectivity index (χ2v) is 7.30. The number of anilines is 1. The lowest BCUT2D eigenvalue weighted by Crippen LogP contribution is -1.96. The highest BCUT2D eigenvalue weighted by molar-refractivity contribution is 9.28. The third-order valence-electron chi connectivity index (χ3n) is 1.75. The summed E-state index contributed by atoms with van der Waals surface area (Å²) >= 11 is 13.5. The number of halogens is 4. The number of hydrogen-bond donors (Lipinski definition) is 1. The summed E-state index contributed by atoms with van der Waals surface area (Å²) in [5.74, 6) is 0.801. The first-order valence-electron chi connectivity index (χ1n) is 4.35. The van der Waals surface area contributed by atoms with Crippen molar-refractivity contribution in [2.24, 2.45) is 0 Å². The zero-order valence-corrected chi connectivity index (χ0v) is 14.7. The molecule has 0 aromatic heterocycles. The number of rotatable bonds is 4. The summed E-state index contributed by atoms with van der Waals surface area (Å²) in [4.78, 5) is 0. The molecule has 1 aromatic carbocycles. The molecule has 0 atom stereocenters. The van der Waals surface area contributed by atoms with Crippen molar-refractivity contribution in [1.82, 2.24) is 0 Å². The highest BCUT2D eigenvalue weighted by Crippen LogP contribution is 2.34. The Morgan fingerprint density at radius 2 is 1.88 bits per heavy atom. The van der Waals surface area contributed by atoms with E-state index in [1.54, 1.807) is 0 Å². The highest BCUT2D eigenvalue weighted by Gasteiger charge is 2.06. The fourth-order valence-corrected chi connectivity index (χ4v) is 2.88. The molecule has 16 heavy (non-hydrogen) atoms. The average Bonchev–Trinajstić information content (AvgIpc) is 2.16. The molecule has 1 aromatic rings. The maximum Gasteiger partial charge on any atom is 0.122 e. The molecule has 0 heterocycles. The number of hydrogen-bond acceptors (Lipinski definition) is 2. The Hall–Kier alpha value is 0.480. The largest absolute Gasteiger partial charge is 0.489 e. The fraction of sp³-hybridized carbons (Fsp3) is 0.200. The van der Waals surface area contributed by atoms with Crippen molar-refractivity contribution in [3.63, 3.8) is 0 Å². The Kier molecular flexibility index (Phi) is 6.39. The van der Waals surface area contributed by atoms with Gasteiger partial charge in [0.15, 0.2) is 0 Å². The third-order valence-corrected chi connectivity index (χ3v) is 3.65. The second-order valence-electron chi connectivity index (χ2n) is 2.82. The quantitative estimate of drug-likeness (QED) is 0.637. The minimum absolute atomic E-state index is 0.504. The van der Waals surface area contributed by atoms with E-state index in [1.807, 2.05) is 25.3 Å². The van der Waals surface area contributed by atoms with Gasteiger partial charge in [-0.2, -0.15) is 0 Å². The molecule has 0 fully saturated rings. The second kappa shape index (κ2) is 7.03. The van der Waals surface area contributed by atoms with Crippen molar-refractivity contribution in [2.75, 3.05) is 19.0 Å². The zero-order chi connectivity index (χ0) is 12.1. The molecule has 0 saturated carbocycles. The van der Waals surface area contributed by atoms with Crippen LogP contribution in [0.2, 0.25) is 0 Å². The van der Waals surface area contributed by atoms with Gasteiger partial charge in [-0.25, -0.2) is 0 Å². The van der Waals surface area contributed by atoms with Crippen molar-refractivity contribution in [1.29, 1.82) is 0 Å². The molecule has 0 aliphatic carbocycles. The van der Waals surface area contributed by atoms with Crippen LogP contribution in [-0.4, -0.2) is 13.7 Å². The van der Waals surface area contributed by atoms with Gasteiger partial charge < -0.3 is 10.1 Å². The Morgan fingerprint density at radius 1 is 1.31 bits per heavy atom. The lowest BCUT2D eigenvalue weighted by molar-refractivity contribution is 0.362. The fourth-order valence-electron chi connectivity index (χ4n) is 1.07. The molecule has 1 N–H and O–H groups in total. The lowest BCUT2D eigenvalue weighted by Gasteiger charge is -2.10. The van der Waals surface area contributed by atoms with Gasteiger partial charge in [0, 0.05) is 16.0 Å². The summed E-state index contributed by atoms with van der Waals surface area (Å²) < 4.78 is 8.35. The van der Waals surface area contributed by atoms with E-state index in [9.17, 15) is 0 Å². The molecule has 88 valence electrons. The van der Waals surface area contributed by atoms with Gasteiger partial charge in [0.1, 0.15) is 12.4 Å². The molecule has 0 spiro atoms. The Bertz CT molecular complexity index is 379. The maximum absolute atomic E-state index is 5.55. The number of ether oxygens (including phenoxy) is 1. The first-order chi connectivity index (χ1) is 7.54. The molecular formula is C10H9Br4NO. The topological polar surface area (TPSA) is 21.3 Å². The van der Waals surface area contributed by atoms with E-state index in [1.165, 1.54) is 0 Å². The molecule has 0 saturated heterocycles. The van der Waals surface area contributed by atoms with E-state index in [0.29, 0.717) is 6.61 Å². The van der Waals surface area contributed by atoms with Crippen molar-refractivity contribution in [2.45, 2.75) is 0 Å². The van der Waals surface area contributed by atoms with E-state index in [4.69, 9.17) is 4.74 Å². The monoisotopic (exact) mass is 475 g/mol. The van der Waals surface area contributed by atoms with Gasteiger partial charge in [0.2, 0.25) is 0 Å². The van der Waals surface area contributed by atoms with Crippen molar-refractivity contribution in [3.8, 4) is 5.75 Å². The molecule has 0 unspecified atom stereocenters. The van der Waals surface area contributed by atoms with Crippen LogP contribution >= 0.6 is 63.7 Å². The summed E-state index contributed by atoms with van der Waals surface area (Å²) in [5.41, 5.74) is 1.00. The van der Waals surface area contributed by atoms with Gasteiger partial charge in [-0.05, 0) is 81.9 Å². The van der Waals surface area contributed by atoms with Crippen LogP contribution in [0, 0.1) is 0 Å². The highest BCUT2D eigenvalue weighted by atomic mass is 79.9. The molecule has 0 aliphatic rings. The molecule has 2 nitrogen and oxygen atoms in total. The van der Waals surface area contributed by atoms with Crippen LogP contribution in [0.3, 0.4) is 0 Å². The third kappa shape index (κ3) is 4.39. The van der Waals surface area contributed by atoms with Gasteiger partial charge in [-0.3, -0.25) is 0 Å². The molecule has 0 amide bonds. The summed E-state index contributed by atoms with van der Waals surface area (Å²) in [6.45, 7) is 0.504. The molecular weight excluding hydrogens is 470 g/mol. The normalized spacial score (nSPS) is 9.81. The van der Waals surface area contributed by atoms with Crippen LogP contribution < -0.4 is 10.1 Å². The van der Waals surface area contributed by atoms with E-state index >= 15 is 0 Å². The average molecular weight is 479 g/mol. The molecule has 0 radical (unpaired) electrons. The van der Waals surface area contributed by atoms with Crippen molar-refractivity contribution < 1.29 is 4.74 Å². The van der Waals surface area contributed by atoms with Crippen LogP contribution in [0.4, 0.5) is 5.69 Å². The SMILES string of the molecule is CNc1c(Br)cc(OCC=C(Br)Br)cc1Br. The summed E-state index contributed by atoms with van der Waals surface area (Å²) in [6.07, 6.45) is 1.88. The zero-order valence-electron chi connectivity index (χ0n) is 8.36. The van der Waals surface area contributed by atoms with Crippen LogP contribution in [0.15, 0.2) is 30.5 Å². The van der Waals surface area contributed by atoms with Crippen LogP contribution in [-0.2, 0) is 0 Å². The predicted octanol–water partition coefficient (Wildman–Crippen LogP) is 5.26. The number of nitrogens with one attached hydrogen (secondary N) is 1. The van der Waals surface area contributed by atoms with E-state index in [-0.39, 0.29) is 0 Å². The van der Waals surface area contributed by atoms with Crippen LogP contribution in [0.25, 0.3) is 0 Å². The Balaban J connectivity index is 2.80. The first-order valence-corrected chi connectivity index (χ1v) is 7.52. The van der Waals surface area contributed by atoms with Crippen molar-refractivity contribution >= 4 is 69.4 Å². The lowest BCUT2D eigenvalue weighted by atomic mass is 10.3. The molecule has 0 bridgehead atoms. The Labute approximate surface area is 128 Å². The first kappa shape index (κ1) is 14.5. The summed E-state index contributed by atoms with van der Waals surface area (Å²) in [7, 11) is 1.87. The van der Waals surface area contributed by atoms with Gasteiger partial charge in [0.05, 0.1) is 9.08 Å². The van der Waals surface area contributed by atoms with Crippen LogP contribution in [0.1, 0.15) is 0 Å². The van der Waals surface area contributed by atoms with E-state index in [2.05, 4.69) is 69.0 Å². The predicted molar refractivity (Wildman–Crippen MR) is 82.8 cm³/mol. The van der Waals surface area contributed by atoms with Gasteiger partial charge in [0.25, 0.3) is 0 Å².